The molecule has 7 nitrogen and oxygen atoms in total. The van der Waals surface area contributed by atoms with Gasteiger partial charge in [-0.1, -0.05) is 26.0 Å². The van der Waals surface area contributed by atoms with E-state index in [1.165, 1.54) is 12.1 Å². The van der Waals surface area contributed by atoms with E-state index in [4.69, 9.17) is 4.74 Å². The zero-order chi connectivity index (χ0) is 24.3. The summed E-state index contributed by atoms with van der Waals surface area (Å²) < 4.78 is 19.2. The van der Waals surface area contributed by atoms with Gasteiger partial charge in [0.15, 0.2) is 0 Å². The van der Waals surface area contributed by atoms with Crippen molar-refractivity contribution in [3.8, 4) is 0 Å². The number of ether oxygens (including phenoxy) is 1. The maximum Gasteiger partial charge on any atom is 0.408 e. The van der Waals surface area contributed by atoms with Crippen molar-refractivity contribution in [2.24, 2.45) is 5.41 Å². The molecule has 1 aromatic carbocycles. The summed E-state index contributed by atoms with van der Waals surface area (Å²) in [5, 5.41) is 12.7. The van der Waals surface area contributed by atoms with Gasteiger partial charge in [-0.05, 0) is 71.1 Å². The number of amides is 2. The minimum atomic E-state index is -1.14. The van der Waals surface area contributed by atoms with E-state index in [9.17, 15) is 23.9 Å². The molecule has 3 atom stereocenters. The highest BCUT2D eigenvalue weighted by atomic mass is 19.1. The van der Waals surface area contributed by atoms with Crippen molar-refractivity contribution in [2.75, 3.05) is 0 Å². The molecule has 2 amide bonds. The van der Waals surface area contributed by atoms with E-state index >= 15 is 0 Å². The molecule has 1 heterocycles. The third-order valence-corrected chi connectivity index (χ3v) is 6.30. The first-order valence-corrected chi connectivity index (χ1v) is 11.2. The van der Waals surface area contributed by atoms with E-state index in [0.717, 1.165) is 0 Å². The Balaban J connectivity index is 2.43. The SMILES string of the molecule is CCC(CC)(C(=O)O)[C@H]1CC[C@@H](c2cccc(F)c2)N1C(=O)[C@@H](C)NC(=O)OC(C)(C)C. The third-order valence-electron chi connectivity index (χ3n) is 6.30. The number of rotatable bonds is 7. The van der Waals surface area contributed by atoms with Gasteiger partial charge in [0.1, 0.15) is 17.5 Å². The van der Waals surface area contributed by atoms with Crippen LogP contribution in [0.3, 0.4) is 0 Å². The van der Waals surface area contributed by atoms with Crippen LogP contribution < -0.4 is 5.32 Å². The third kappa shape index (κ3) is 5.40. The number of likely N-dealkylation sites (tertiary alicyclic amines) is 1. The van der Waals surface area contributed by atoms with Crippen molar-refractivity contribution in [2.45, 2.75) is 91.0 Å². The summed E-state index contributed by atoms with van der Waals surface area (Å²) in [5.41, 5.74) is -1.25. The maximum absolute atomic E-state index is 14.0. The number of nitrogens with zero attached hydrogens (tertiary/aromatic N) is 1. The van der Waals surface area contributed by atoms with E-state index in [-0.39, 0.29) is 0 Å². The van der Waals surface area contributed by atoms with Crippen LogP contribution in [0.2, 0.25) is 0 Å². The lowest BCUT2D eigenvalue weighted by molar-refractivity contribution is -0.157. The van der Waals surface area contributed by atoms with Crippen LogP contribution in [0.5, 0.6) is 0 Å². The van der Waals surface area contributed by atoms with E-state index in [1.54, 1.807) is 58.6 Å². The van der Waals surface area contributed by atoms with Crippen LogP contribution in [-0.4, -0.2) is 45.7 Å². The van der Waals surface area contributed by atoms with Gasteiger partial charge in [-0.2, -0.15) is 0 Å². The molecule has 0 aromatic heterocycles. The van der Waals surface area contributed by atoms with Crippen LogP contribution >= 0.6 is 0 Å². The monoisotopic (exact) mass is 450 g/mol. The largest absolute Gasteiger partial charge is 0.481 e. The van der Waals surface area contributed by atoms with Gasteiger partial charge in [0, 0.05) is 6.04 Å². The molecule has 8 heteroatoms. The molecule has 1 aliphatic heterocycles. The first-order valence-electron chi connectivity index (χ1n) is 11.2. The van der Waals surface area contributed by atoms with Gasteiger partial charge < -0.3 is 20.1 Å². The topological polar surface area (TPSA) is 95.9 Å². The van der Waals surface area contributed by atoms with Crippen molar-refractivity contribution < 1.29 is 28.6 Å². The maximum atomic E-state index is 14.0. The molecular weight excluding hydrogens is 415 g/mol. The minimum Gasteiger partial charge on any atom is -0.481 e. The molecule has 32 heavy (non-hydrogen) atoms. The Bertz CT molecular complexity index is 847. The van der Waals surface area contributed by atoms with Gasteiger partial charge in [-0.3, -0.25) is 9.59 Å². The molecule has 1 aromatic rings. The molecule has 178 valence electrons. The first kappa shape index (κ1) is 25.6. The summed E-state index contributed by atoms with van der Waals surface area (Å²) in [4.78, 5) is 39.7. The van der Waals surface area contributed by atoms with Gasteiger partial charge in [-0.25, -0.2) is 9.18 Å². The highest BCUT2D eigenvalue weighted by Gasteiger charge is 2.52. The lowest BCUT2D eigenvalue weighted by Gasteiger charge is -2.42. The summed E-state index contributed by atoms with van der Waals surface area (Å²) in [6.07, 6.45) is 0.939. The lowest BCUT2D eigenvalue weighted by atomic mass is 9.74. The number of carboxylic acids is 1. The quantitative estimate of drug-likeness (QED) is 0.630. The highest BCUT2D eigenvalue weighted by molar-refractivity contribution is 5.87. The second-order valence-electron chi connectivity index (χ2n) is 9.45. The lowest BCUT2D eigenvalue weighted by Crippen LogP contribution is -2.56. The molecule has 0 saturated carbocycles. The Morgan fingerprint density at radius 1 is 1.22 bits per heavy atom. The van der Waals surface area contributed by atoms with Crippen LogP contribution in [0.25, 0.3) is 0 Å². The van der Waals surface area contributed by atoms with E-state index in [2.05, 4.69) is 5.32 Å². The summed E-state index contributed by atoms with van der Waals surface area (Å²) in [6, 6.07) is 4.01. The normalized spacial score (nSPS) is 20.0. The molecule has 0 bridgehead atoms. The number of halogens is 1. The Kier molecular flexibility index (Phi) is 7.91. The summed E-state index contributed by atoms with van der Waals surface area (Å²) >= 11 is 0. The van der Waals surface area contributed by atoms with Crippen molar-refractivity contribution in [3.05, 3.63) is 35.6 Å². The fourth-order valence-corrected chi connectivity index (χ4v) is 4.64. The van der Waals surface area contributed by atoms with Gasteiger partial charge in [0.05, 0.1) is 11.5 Å². The smallest absolute Gasteiger partial charge is 0.408 e. The van der Waals surface area contributed by atoms with Crippen molar-refractivity contribution in [1.82, 2.24) is 10.2 Å². The van der Waals surface area contributed by atoms with Gasteiger partial charge in [0.2, 0.25) is 5.91 Å². The van der Waals surface area contributed by atoms with E-state index < -0.39 is 52.9 Å². The molecule has 1 fully saturated rings. The standard InChI is InChI=1S/C24H35FN2O5/c1-7-24(8-2,21(29)30)19-13-12-18(16-10-9-11-17(25)14-16)27(19)20(28)15(3)26-22(31)32-23(4,5)6/h9-11,14-15,18-19H,7-8,12-13H2,1-6H3,(H,26,31)(H,29,30)/t15-,18+,19-/m1/s1. The highest BCUT2D eigenvalue weighted by Crippen LogP contribution is 2.47. The van der Waals surface area contributed by atoms with Crippen LogP contribution in [-0.2, 0) is 14.3 Å². The summed E-state index contributed by atoms with van der Waals surface area (Å²) in [6.45, 7) is 10.3. The number of alkyl carbamates (subject to hydrolysis) is 1. The fraction of sp³-hybridized carbons (Fsp3) is 0.625. The Hall–Kier alpha value is -2.64. The van der Waals surface area contributed by atoms with Crippen molar-refractivity contribution in [3.63, 3.8) is 0 Å². The van der Waals surface area contributed by atoms with Crippen LogP contribution in [0.4, 0.5) is 9.18 Å². The second-order valence-corrected chi connectivity index (χ2v) is 9.45. The van der Waals surface area contributed by atoms with Crippen LogP contribution in [0, 0.1) is 11.2 Å². The van der Waals surface area contributed by atoms with Crippen molar-refractivity contribution in [1.29, 1.82) is 0 Å². The zero-order valence-corrected chi connectivity index (χ0v) is 19.8. The van der Waals surface area contributed by atoms with Gasteiger partial charge >= 0.3 is 12.1 Å². The van der Waals surface area contributed by atoms with Gasteiger partial charge in [-0.15, -0.1) is 0 Å². The number of nitrogens with one attached hydrogen (secondary N) is 1. The average Bonchev–Trinajstić information content (AvgIpc) is 3.12. The molecule has 0 spiro atoms. The molecule has 1 saturated heterocycles. The molecular formula is C24H35FN2O5. The summed E-state index contributed by atoms with van der Waals surface area (Å²) in [5.74, 6) is -1.80. The van der Waals surface area contributed by atoms with Crippen molar-refractivity contribution >= 4 is 18.0 Å². The molecule has 2 N–H and O–H groups in total. The van der Waals surface area contributed by atoms with E-state index in [0.29, 0.717) is 31.2 Å². The molecule has 2 rings (SSSR count). The molecule has 0 aliphatic carbocycles. The Labute approximate surface area is 189 Å². The predicted octanol–water partition coefficient (Wildman–Crippen LogP) is 4.66. The Morgan fingerprint density at radius 2 is 1.84 bits per heavy atom. The average molecular weight is 451 g/mol. The Morgan fingerprint density at radius 3 is 2.34 bits per heavy atom. The molecule has 0 unspecified atom stereocenters. The number of carbonyl (C=O) groups is 3. The number of carboxylic acid groups (broad SMARTS) is 1. The predicted molar refractivity (Wildman–Crippen MR) is 118 cm³/mol. The first-order chi connectivity index (χ1) is 14.9. The van der Waals surface area contributed by atoms with Crippen LogP contribution in [0.1, 0.15) is 78.8 Å². The molecule has 1 aliphatic rings. The number of carbonyl (C=O) groups excluding carboxylic acids is 2. The zero-order valence-electron chi connectivity index (χ0n) is 19.8. The molecule has 0 radical (unpaired) electrons. The van der Waals surface area contributed by atoms with Crippen LogP contribution in [0.15, 0.2) is 24.3 Å². The minimum absolute atomic E-state index is 0.344. The number of aliphatic carboxylic acids is 1. The number of hydrogen-bond donors (Lipinski definition) is 2. The fourth-order valence-electron chi connectivity index (χ4n) is 4.64. The van der Waals surface area contributed by atoms with E-state index in [1.807, 2.05) is 0 Å². The number of benzene rings is 1. The van der Waals surface area contributed by atoms with Gasteiger partial charge in [0.25, 0.3) is 0 Å². The number of hydrogen-bond acceptors (Lipinski definition) is 4. The second kappa shape index (κ2) is 9.88. The summed E-state index contributed by atoms with van der Waals surface area (Å²) in [7, 11) is 0.